The lowest BCUT2D eigenvalue weighted by molar-refractivity contribution is -0.139. The normalized spacial score (nSPS) is 10.3. The summed E-state index contributed by atoms with van der Waals surface area (Å²) in [5, 5.41) is 5.24. The number of nitrogens with one attached hydrogen (secondary N) is 2. The van der Waals surface area contributed by atoms with Gasteiger partial charge in [0, 0.05) is 13.1 Å². The molecule has 4 heteroatoms. The predicted molar refractivity (Wildman–Crippen MR) is 80.2 cm³/mol. The van der Waals surface area contributed by atoms with Gasteiger partial charge in [-0.25, -0.2) is 0 Å². The van der Waals surface area contributed by atoms with E-state index in [-0.39, 0.29) is 0 Å². The summed E-state index contributed by atoms with van der Waals surface area (Å²) < 4.78 is 0. The van der Waals surface area contributed by atoms with Crippen LogP contribution in [0.4, 0.5) is 0 Å². The molecule has 0 saturated heterocycles. The van der Waals surface area contributed by atoms with E-state index in [0.29, 0.717) is 19.0 Å². The molecule has 0 aliphatic heterocycles. The van der Waals surface area contributed by atoms with Crippen molar-refractivity contribution < 1.29 is 9.59 Å². The summed E-state index contributed by atoms with van der Waals surface area (Å²) in [4.78, 5) is 22.9. The molecule has 0 radical (unpaired) electrons. The van der Waals surface area contributed by atoms with E-state index in [9.17, 15) is 9.59 Å². The molecule has 0 aliphatic carbocycles. The van der Waals surface area contributed by atoms with Crippen molar-refractivity contribution in [2.75, 3.05) is 13.1 Å². The van der Waals surface area contributed by atoms with Gasteiger partial charge in [0.15, 0.2) is 0 Å². The lowest BCUT2D eigenvalue weighted by Crippen LogP contribution is -2.41. The van der Waals surface area contributed by atoms with Gasteiger partial charge in [-0.2, -0.15) is 0 Å². The highest BCUT2D eigenvalue weighted by Crippen LogP contribution is 2.03. The van der Waals surface area contributed by atoms with E-state index in [1.807, 2.05) is 32.0 Å². The fourth-order valence-corrected chi connectivity index (χ4v) is 1.76. The van der Waals surface area contributed by atoms with Crippen LogP contribution >= 0.6 is 0 Å². The minimum atomic E-state index is -0.540. The Morgan fingerprint density at radius 3 is 2.30 bits per heavy atom. The minimum Gasteiger partial charge on any atom is -0.348 e. The van der Waals surface area contributed by atoms with Crippen LogP contribution in [-0.2, 0) is 16.0 Å². The third kappa shape index (κ3) is 6.92. The number of unbranched alkanes of at least 4 members (excludes halogenated alkanes) is 1. The molecule has 0 aliphatic rings. The SMILES string of the molecule is CC(C)CNC(=O)C(=O)NCCCCc1ccccc1. The molecule has 0 heterocycles. The standard InChI is InChI=1S/C16H24N2O2/c1-13(2)12-18-16(20)15(19)17-11-7-6-10-14-8-4-3-5-9-14/h3-5,8-9,13H,6-7,10-12H2,1-2H3,(H,17,19)(H,18,20). The fourth-order valence-electron chi connectivity index (χ4n) is 1.76. The molecule has 0 spiro atoms. The van der Waals surface area contributed by atoms with E-state index in [1.165, 1.54) is 5.56 Å². The maximum Gasteiger partial charge on any atom is 0.309 e. The Balaban J connectivity index is 2.08. The third-order valence-corrected chi connectivity index (χ3v) is 2.90. The maximum absolute atomic E-state index is 11.5. The molecule has 0 bridgehead atoms. The second-order valence-corrected chi connectivity index (χ2v) is 5.30. The molecule has 1 rings (SSSR count). The Bertz CT molecular complexity index is 416. The van der Waals surface area contributed by atoms with Crippen molar-refractivity contribution in [2.24, 2.45) is 5.92 Å². The van der Waals surface area contributed by atoms with E-state index in [1.54, 1.807) is 0 Å². The fraction of sp³-hybridized carbons (Fsp3) is 0.500. The molecule has 0 fully saturated rings. The van der Waals surface area contributed by atoms with Gasteiger partial charge in [0.1, 0.15) is 0 Å². The molecule has 0 saturated carbocycles. The van der Waals surface area contributed by atoms with Crippen LogP contribution in [0.1, 0.15) is 32.3 Å². The zero-order chi connectivity index (χ0) is 14.8. The molecule has 2 amide bonds. The molecule has 2 N–H and O–H groups in total. The van der Waals surface area contributed by atoms with Crippen molar-refractivity contribution in [3.8, 4) is 0 Å². The molecule has 0 unspecified atom stereocenters. The van der Waals surface area contributed by atoms with Crippen molar-refractivity contribution in [3.05, 3.63) is 35.9 Å². The molecule has 4 nitrogen and oxygen atoms in total. The second kappa shape index (κ2) is 9.13. The molecular weight excluding hydrogens is 252 g/mol. The number of hydrogen-bond donors (Lipinski definition) is 2. The van der Waals surface area contributed by atoms with Crippen molar-refractivity contribution in [1.29, 1.82) is 0 Å². The number of amides is 2. The van der Waals surface area contributed by atoms with Crippen molar-refractivity contribution in [2.45, 2.75) is 33.1 Å². The van der Waals surface area contributed by atoms with Gasteiger partial charge >= 0.3 is 11.8 Å². The average Bonchev–Trinajstić information content (AvgIpc) is 2.45. The monoisotopic (exact) mass is 276 g/mol. The van der Waals surface area contributed by atoms with Gasteiger partial charge < -0.3 is 10.6 Å². The van der Waals surface area contributed by atoms with Crippen LogP contribution in [0.2, 0.25) is 0 Å². The van der Waals surface area contributed by atoms with E-state index >= 15 is 0 Å². The van der Waals surface area contributed by atoms with Crippen molar-refractivity contribution in [1.82, 2.24) is 10.6 Å². The highest BCUT2D eigenvalue weighted by atomic mass is 16.2. The van der Waals surface area contributed by atoms with E-state index < -0.39 is 11.8 Å². The Kier molecular flexibility index (Phi) is 7.40. The minimum absolute atomic E-state index is 0.345. The Labute approximate surface area is 121 Å². The largest absolute Gasteiger partial charge is 0.348 e. The van der Waals surface area contributed by atoms with Crippen molar-refractivity contribution >= 4 is 11.8 Å². The van der Waals surface area contributed by atoms with Gasteiger partial charge in [-0.3, -0.25) is 9.59 Å². The topological polar surface area (TPSA) is 58.2 Å². The molecule has 1 aromatic carbocycles. The number of carbonyl (C=O) groups excluding carboxylic acids is 2. The highest BCUT2D eigenvalue weighted by molar-refractivity contribution is 6.35. The first-order valence-corrected chi connectivity index (χ1v) is 7.19. The zero-order valence-corrected chi connectivity index (χ0v) is 12.3. The quantitative estimate of drug-likeness (QED) is 0.590. The Hall–Kier alpha value is -1.84. The van der Waals surface area contributed by atoms with E-state index in [4.69, 9.17) is 0 Å². The predicted octanol–water partition coefficient (Wildman–Crippen LogP) is 1.90. The van der Waals surface area contributed by atoms with Gasteiger partial charge in [-0.05, 0) is 30.7 Å². The first kappa shape index (κ1) is 16.2. The number of carbonyl (C=O) groups is 2. The first-order chi connectivity index (χ1) is 9.59. The second-order valence-electron chi connectivity index (χ2n) is 5.30. The number of aryl methyl sites for hydroxylation is 1. The number of benzene rings is 1. The van der Waals surface area contributed by atoms with Crippen LogP contribution in [0.5, 0.6) is 0 Å². The Morgan fingerprint density at radius 2 is 1.65 bits per heavy atom. The molecular formula is C16H24N2O2. The van der Waals surface area contributed by atoms with Gasteiger partial charge in [0.2, 0.25) is 0 Å². The first-order valence-electron chi connectivity index (χ1n) is 7.19. The van der Waals surface area contributed by atoms with Gasteiger partial charge in [0.25, 0.3) is 0 Å². The highest BCUT2D eigenvalue weighted by Gasteiger charge is 2.12. The van der Waals surface area contributed by atoms with Crippen LogP contribution in [0.25, 0.3) is 0 Å². The summed E-state index contributed by atoms with van der Waals surface area (Å²) in [6, 6.07) is 10.2. The molecule has 20 heavy (non-hydrogen) atoms. The molecule has 0 aromatic heterocycles. The lowest BCUT2D eigenvalue weighted by atomic mass is 10.1. The summed E-state index contributed by atoms with van der Waals surface area (Å²) in [5.41, 5.74) is 1.30. The summed E-state index contributed by atoms with van der Waals surface area (Å²) in [7, 11) is 0. The smallest absolute Gasteiger partial charge is 0.309 e. The van der Waals surface area contributed by atoms with Crippen molar-refractivity contribution in [3.63, 3.8) is 0 Å². The summed E-state index contributed by atoms with van der Waals surface area (Å²) in [6.45, 7) is 5.05. The lowest BCUT2D eigenvalue weighted by Gasteiger charge is -2.08. The van der Waals surface area contributed by atoms with E-state index in [2.05, 4.69) is 22.8 Å². The van der Waals surface area contributed by atoms with Gasteiger partial charge in [0.05, 0.1) is 0 Å². The van der Waals surface area contributed by atoms with Gasteiger partial charge in [-0.1, -0.05) is 44.2 Å². The van der Waals surface area contributed by atoms with Crippen LogP contribution in [0.3, 0.4) is 0 Å². The van der Waals surface area contributed by atoms with Crippen LogP contribution in [0.15, 0.2) is 30.3 Å². The summed E-state index contributed by atoms with van der Waals surface area (Å²) in [5.74, 6) is -0.732. The van der Waals surface area contributed by atoms with Crippen LogP contribution in [0, 0.1) is 5.92 Å². The maximum atomic E-state index is 11.5. The molecule has 1 aromatic rings. The summed E-state index contributed by atoms with van der Waals surface area (Å²) in [6.07, 6.45) is 2.87. The number of hydrogen-bond acceptors (Lipinski definition) is 2. The molecule has 0 atom stereocenters. The van der Waals surface area contributed by atoms with Crippen LogP contribution in [-0.4, -0.2) is 24.9 Å². The Morgan fingerprint density at radius 1 is 1.00 bits per heavy atom. The van der Waals surface area contributed by atoms with Gasteiger partial charge in [-0.15, -0.1) is 0 Å². The van der Waals surface area contributed by atoms with Crippen LogP contribution < -0.4 is 10.6 Å². The number of rotatable bonds is 7. The van der Waals surface area contributed by atoms with E-state index in [0.717, 1.165) is 19.3 Å². The molecule has 110 valence electrons. The summed E-state index contributed by atoms with van der Waals surface area (Å²) >= 11 is 0. The average molecular weight is 276 g/mol. The zero-order valence-electron chi connectivity index (χ0n) is 12.3. The third-order valence-electron chi connectivity index (χ3n) is 2.90.